The Labute approximate surface area is 209 Å². The Kier molecular flexibility index (Phi) is 7.99. The Morgan fingerprint density at radius 1 is 1.06 bits per heavy atom. The molecule has 3 rings (SSSR count). The molecule has 1 N–H and O–H groups in total. The third kappa shape index (κ3) is 4.97. The zero-order valence-corrected chi connectivity index (χ0v) is 23.1. The fraction of sp³-hybridized carbons (Fsp3) is 0.667. The summed E-state index contributed by atoms with van der Waals surface area (Å²) in [6.45, 7) is 14.6. The number of carbonyl (C=O) groups is 3. The van der Waals surface area contributed by atoms with Crippen LogP contribution in [0, 0.1) is 23.2 Å². The first kappa shape index (κ1) is 27.6. The van der Waals surface area contributed by atoms with E-state index in [1.165, 1.54) is 0 Å². The molecule has 4 atom stereocenters. The van der Waals surface area contributed by atoms with Crippen molar-refractivity contribution >= 4 is 26.0 Å². The van der Waals surface area contributed by atoms with Crippen molar-refractivity contribution in [3.63, 3.8) is 0 Å². The van der Waals surface area contributed by atoms with E-state index in [1.54, 1.807) is 32.0 Å². The molecule has 0 bridgehead atoms. The number of hydrogen-bond donors (Lipinski definition) is 1. The summed E-state index contributed by atoms with van der Waals surface area (Å²) in [4.78, 5) is 40.1. The van der Waals surface area contributed by atoms with Crippen LogP contribution in [0.3, 0.4) is 0 Å². The number of rotatable bonds is 7. The van der Waals surface area contributed by atoms with Gasteiger partial charge in [-0.25, -0.2) is 0 Å². The van der Waals surface area contributed by atoms with Gasteiger partial charge in [0.1, 0.15) is 0 Å². The second kappa shape index (κ2) is 10.1. The summed E-state index contributed by atoms with van der Waals surface area (Å²) in [6.07, 6.45) is -0.876. The van der Waals surface area contributed by atoms with Gasteiger partial charge >= 0.3 is 11.9 Å². The maximum atomic E-state index is 13.8. The first-order chi connectivity index (χ1) is 16.3. The van der Waals surface area contributed by atoms with Crippen molar-refractivity contribution in [1.82, 2.24) is 0 Å². The van der Waals surface area contributed by atoms with Gasteiger partial charge < -0.3 is 19.0 Å². The number of hydrogen-bond acceptors (Lipinski definition) is 7. The zero-order valence-electron chi connectivity index (χ0n) is 22.1. The Morgan fingerprint density at radius 3 is 2.17 bits per heavy atom. The maximum Gasteiger partial charge on any atom is 0.323 e. The van der Waals surface area contributed by atoms with Crippen molar-refractivity contribution < 1.29 is 33.4 Å². The van der Waals surface area contributed by atoms with E-state index in [0.29, 0.717) is 11.1 Å². The standard InChI is InChI=1S/C27H40O7Si/c1-8-32-24(30)27(25(31)33-9-2)14-19-20(15-27)22(28)17-12-10-11-13-18(17)23(29)21(19)16-34-35(6,7)26(3,4)5/h10-13,19-21,23,29H,8-9,14-16H2,1-7H3/t19-,20-,21-,23+/m0/s1. The second-order valence-electron chi connectivity index (χ2n) is 11.3. The molecule has 194 valence electrons. The molecule has 1 aromatic rings. The molecule has 0 heterocycles. The summed E-state index contributed by atoms with van der Waals surface area (Å²) in [5, 5.41) is 11.5. The highest BCUT2D eigenvalue weighted by molar-refractivity contribution is 6.74. The quantitative estimate of drug-likeness (QED) is 0.327. The van der Waals surface area contributed by atoms with E-state index in [9.17, 15) is 19.5 Å². The minimum atomic E-state index is -2.17. The van der Waals surface area contributed by atoms with Crippen LogP contribution in [0.25, 0.3) is 0 Å². The smallest absolute Gasteiger partial charge is 0.323 e. The molecule has 0 saturated heterocycles. The molecule has 0 radical (unpaired) electrons. The lowest BCUT2D eigenvalue weighted by Crippen LogP contribution is -2.44. The number of ketones is 1. The molecular weight excluding hydrogens is 464 g/mol. The van der Waals surface area contributed by atoms with E-state index < -0.39 is 49.5 Å². The molecule has 35 heavy (non-hydrogen) atoms. The van der Waals surface area contributed by atoms with Crippen LogP contribution in [-0.2, 0) is 23.5 Å². The molecular formula is C27H40O7Si. The number of carbonyl (C=O) groups excluding carboxylic acids is 3. The van der Waals surface area contributed by atoms with Crippen LogP contribution in [0.2, 0.25) is 18.1 Å². The molecule has 8 heteroatoms. The minimum absolute atomic E-state index is 0.00577. The second-order valence-corrected chi connectivity index (χ2v) is 16.1. The molecule has 0 aromatic heterocycles. The van der Waals surface area contributed by atoms with Gasteiger partial charge in [-0.05, 0) is 56.3 Å². The predicted octanol–water partition coefficient (Wildman–Crippen LogP) is 4.69. The van der Waals surface area contributed by atoms with Gasteiger partial charge in [0.05, 0.1) is 19.3 Å². The summed E-state index contributed by atoms with van der Waals surface area (Å²) < 4.78 is 17.2. The largest absolute Gasteiger partial charge is 0.465 e. The van der Waals surface area contributed by atoms with Gasteiger partial charge in [0.2, 0.25) is 0 Å². The first-order valence-electron chi connectivity index (χ1n) is 12.6. The van der Waals surface area contributed by atoms with Crippen LogP contribution in [0.15, 0.2) is 24.3 Å². The van der Waals surface area contributed by atoms with Crippen LogP contribution >= 0.6 is 0 Å². The summed E-state index contributed by atoms with van der Waals surface area (Å²) in [7, 11) is -2.17. The van der Waals surface area contributed by atoms with Crippen molar-refractivity contribution in [3.8, 4) is 0 Å². The fourth-order valence-electron chi connectivity index (χ4n) is 5.23. The van der Waals surface area contributed by atoms with Crippen molar-refractivity contribution in [3.05, 3.63) is 35.4 Å². The Balaban J connectivity index is 2.09. The van der Waals surface area contributed by atoms with Gasteiger partial charge in [0.25, 0.3) is 0 Å². The van der Waals surface area contributed by atoms with E-state index in [4.69, 9.17) is 13.9 Å². The molecule has 0 spiro atoms. The van der Waals surface area contributed by atoms with Gasteiger partial charge in [-0.2, -0.15) is 0 Å². The molecule has 1 saturated carbocycles. The Hall–Kier alpha value is -2.03. The highest BCUT2D eigenvalue weighted by atomic mass is 28.4. The summed E-state index contributed by atoms with van der Waals surface area (Å²) >= 11 is 0. The molecule has 0 unspecified atom stereocenters. The Morgan fingerprint density at radius 2 is 1.63 bits per heavy atom. The lowest BCUT2D eigenvalue weighted by molar-refractivity contribution is -0.172. The number of aliphatic hydroxyl groups excluding tert-OH is 1. The molecule has 2 aliphatic carbocycles. The van der Waals surface area contributed by atoms with Crippen LogP contribution in [0.1, 0.15) is 69.5 Å². The minimum Gasteiger partial charge on any atom is -0.465 e. The van der Waals surface area contributed by atoms with E-state index in [2.05, 4.69) is 33.9 Å². The van der Waals surface area contributed by atoms with E-state index in [-0.39, 0.29) is 43.5 Å². The topological polar surface area (TPSA) is 99.1 Å². The van der Waals surface area contributed by atoms with Gasteiger partial charge in [-0.3, -0.25) is 14.4 Å². The van der Waals surface area contributed by atoms with Crippen LogP contribution < -0.4 is 0 Å². The zero-order chi connectivity index (χ0) is 26.2. The van der Waals surface area contributed by atoms with Crippen LogP contribution in [0.5, 0.6) is 0 Å². The lowest BCUT2D eigenvalue weighted by Gasteiger charge is -2.39. The van der Waals surface area contributed by atoms with Crippen molar-refractivity contribution in [2.24, 2.45) is 23.2 Å². The number of ether oxygens (including phenoxy) is 2. The monoisotopic (exact) mass is 504 g/mol. The van der Waals surface area contributed by atoms with Crippen molar-refractivity contribution in [2.75, 3.05) is 19.8 Å². The first-order valence-corrected chi connectivity index (χ1v) is 15.5. The van der Waals surface area contributed by atoms with Gasteiger partial charge in [-0.1, -0.05) is 45.0 Å². The third-order valence-electron chi connectivity index (χ3n) is 8.28. The Bertz CT molecular complexity index is 947. The predicted molar refractivity (Wildman–Crippen MR) is 134 cm³/mol. The third-order valence-corrected chi connectivity index (χ3v) is 12.8. The molecule has 0 aliphatic heterocycles. The molecule has 1 fully saturated rings. The van der Waals surface area contributed by atoms with Gasteiger partial charge in [0, 0.05) is 24.0 Å². The summed E-state index contributed by atoms with van der Waals surface area (Å²) in [6, 6.07) is 7.07. The van der Waals surface area contributed by atoms with Crippen LogP contribution in [0.4, 0.5) is 0 Å². The molecule has 2 aliphatic rings. The highest BCUT2D eigenvalue weighted by Crippen LogP contribution is 2.55. The molecule has 0 amide bonds. The summed E-state index contributed by atoms with van der Waals surface area (Å²) in [5.74, 6) is -3.02. The van der Waals surface area contributed by atoms with E-state index >= 15 is 0 Å². The number of aliphatic hydroxyl groups is 1. The average Bonchev–Trinajstić information content (AvgIpc) is 3.17. The maximum absolute atomic E-state index is 13.8. The van der Waals surface area contributed by atoms with E-state index in [0.717, 1.165) is 0 Å². The van der Waals surface area contributed by atoms with Crippen LogP contribution in [-0.4, -0.2) is 51.0 Å². The van der Waals surface area contributed by atoms with Crippen molar-refractivity contribution in [1.29, 1.82) is 0 Å². The summed E-state index contributed by atoms with van der Waals surface area (Å²) in [5.41, 5.74) is -0.555. The number of esters is 2. The normalized spacial score (nSPS) is 25.9. The molecule has 7 nitrogen and oxygen atoms in total. The SMILES string of the molecule is CCOC(=O)C1(C(=O)OCC)C[C@@H]2[C@H](CO[Si](C)(C)C(C)(C)C)[C@H](O)c3ccccc3C(=O)[C@H]2C1. The number of fused-ring (bicyclic) bond motifs is 2. The molecule has 1 aromatic carbocycles. The van der Waals surface area contributed by atoms with Gasteiger partial charge in [0.15, 0.2) is 19.5 Å². The van der Waals surface area contributed by atoms with E-state index in [1.807, 2.05) is 6.07 Å². The highest BCUT2D eigenvalue weighted by Gasteiger charge is 2.62. The average molecular weight is 505 g/mol. The number of benzene rings is 1. The lowest BCUT2D eigenvalue weighted by atomic mass is 9.79. The fourth-order valence-corrected chi connectivity index (χ4v) is 6.27. The number of Topliss-reactive ketones (excluding diaryl/α,β-unsaturated/α-hetero) is 1. The van der Waals surface area contributed by atoms with Gasteiger partial charge in [-0.15, -0.1) is 0 Å². The van der Waals surface area contributed by atoms with Crippen molar-refractivity contribution in [2.45, 2.75) is 71.7 Å².